The maximum atomic E-state index is 12.9. The number of rotatable bonds is 14. The quantitative estimate of drug-likeness (QED) is 0.145. The van der Waals surface area contributed by atoms with Crippen LogP contribution in [0.5, 0.6) is 11.5 Å². The summed E-state index contributed by atoms with van der Waals surface area (Å²) >= 11 is 1.27. The van der Waals surface area contributed by atoms with Crippen LogP contribution in [-0.4, -0.2) is 45.5 Å². The van der Waals surface area contributed by atoms with E-state index in [0.717, 1.165) is 35.6 Å². The summed E-state index contributed by atoms with van der Waals surface area (Å²) in [6, 6.07) is 22.2. The van der Waals surface area contributed by atoms with Gasteiger partial charge in [0.1, 0.15) is 11.5 Å². The van der Waals surface area contributed by atoms with Gasteiger partial charge in [0.05, 0.1) is 25.5 Å². The van der Waals surface area contributed by atoms with Gasteiger partial charge in [-0.1, -0.05) is 37.2 Å². The minimum absolute atomic E-state index is 0.135. The summed E-state index contributed by atoms with van der Waals surface area (Å²) in [7, 11) is 0. The van der Waals surface area contributed by atoms with E-state index in [4.69, 9.17) is 9.47 Å². The summed E-state index contributed by atoms with van der Waals surface area (Å²) in [5.41, 5.74) is 3.12. The Morgan fingerprint density at radius 3 is 2.37 bits per heavy atom. The largest absolute Gasteiger partial charge is 0.494 e. The van der Waals surface area contributed by atoms with Crippen molar-refractivity contribution in [2.45, 2.75) is 45.3 Å². The first-order chi connectivity index (χ1) is 20.0. The third kappa shape index (κ3) is 8.59. The van der Waals surface area contributed by atoms with Gasteiger partial charge in [-0.3, -0.25) is 14.2 Å². The lowest BCUT2D eigenvalue weighted by molar-refractivity contribution is -0.113. The fourth-order valence-electron chi connectivity index (χ4n) is 3.96. The van der Waals surface area contributed by atoms with Crippen molar-refractivity contribution >= 4 is 29.3 Å². The summed E-state index contributed by atoms with van der Waals surface area (Å²) in [4.78, 5) is 25.6. The number of anilines is 1. The molecule has 4 aromatic rings. The number of carbonyl (C=O) groups is 2. The van der Waals surface area contributed by atoms with Crippen LogP contribution in [0.2, 0.25) is 0 Å². The van der Waals surface area contributed by atoms with E-state index in [1.54, 1.807) is 36.4 Å². The SMILES string of the molecule is CCCCOc1ccc(C(=O)NCc2nnc(SCC(=O)Nc3ccc(OCC)cc3)n2-c2cccc(C)c2)cc1. The fourth-order valence-corrected chi connectivity index (χ4v) is 4.73. The van der Waals surface area contributed by atoms with Gasteiger partial charge in [0.15, 0.2) is 11.0 Å². The van der Waals surface area contributed by atoms with Gasteiger partial charge in [-0.2, -0.15) is 0 Å². The molecule has 2 N–H and O–H groups in total. The summed E-state index contributed by atoms with van der Waals surface area (Å²) in [6.07, 6.45) is 2.04. The van der Waals surface area contributed by atoms with Gasteiger partial charge in [-0.15, -0.1) is 10.2 Å². The second kappa shape index (κ2) is 14.9. The standard InChI is InChI=1S/C31H35N5O4S/c1-4-6-18-40-27-14-10-23(11-15-27)30(38)32-20-28-34-35-31(36(28)25-9-7-8-22(3)19-25)41-21-29(37)33-24-12-16-26(17-13-24)39-5-2/h7-17,19H,4-6,18,20-21H2,1-3H3,(H,32,38)(H,33,37). The molecule has 41 heavy (non-hydrogen) atoms. The Labute approximate surface area is 244 Å². The molecule has 2 amide bonds. The average molecular weight is 574 g/mol. The van der Waals surface area contributed by atoms with Gasteiger partial charge in [0.25, 0.3) is 5.91 Å². The number of hydrogen-bond acceptors (Lipinski definition) is 7. The number of unbranched alkanes of at least 4 members (excludes halogenated alkanes) is 1. The molecule has 0 atom stereocenters. The van der Waals surface area contributed by atoms with Gasteiger partial charge in [-0.25, -0.2) is 0 Å². The molecule has 3 aromatic carbocycles. The number of carbonyl (C=O) groups excluding carboxylic acids is 2. The summed E-state index contributed by atoms with van der Waals surface area (Å²) < 4.78 is 13.0. The number of hydrogen-bond donors (Lipinski definition) is 2. The molecule has 9 nitrogen and oxygen atoms in total. The Hall–Kier alpha value is -4.31. The summed E-state index contributed by atoms with van der Waals surface area (Å²) in [5, 5.41) is 15.1. The minimum Gasteiger partial charge on any atom is -0.494 e. The third-order valence-corrected chi connectivity index (χ3v) is 6.96. The highest BCUT2D eigenvalue weighted by atomic mass is 32.2. The maximum absolute atomic E-state index is 12.9. The molecule has 0 bridgehead atoms. The second-order valence-electron chi connectivity index (χ2n) is 9.28. The van der Waals surface area contributed by atoms with Crippen molar-refractivity contribution < 1.29 is 19.1 Å². The number of ether oxygens (including phenoxy) is 2. The van der Waals surface area contributed by atoms with Crippen LogP contribution in [0.1, 0.15) is 48.4 Å². The molecule has 0 radical (unpaired) electrons. The Morgan fingerprint density at radius 1 is 0.927 bits per heavy atom. The van der Waals surface area contributed by atoms with E-state index in [0.29, 0.717) is 35.4 Å². The van der Waals surface area contributed by atoms with Crippen LogP contribution in [0.25, 0.3) is 5.69 Å². The molecule has 0 aliphatic carbocycles. The normalized spacial score (nSPS) is 10.7. The molecule has 0 saturated carbocycles. The van der Waals surface area contributed by atoms with E-state index >= 15 is 0 Å². The van der Waals surface area contributed by atoms with Gasteiger partial charge in [-0.05, 0) is 86.5 Å². The van der Waals surface area contributed by atoms with Gasteiger partial charge < -0.3 is 20.1 Å². The van der Waals surface area contributed by atoms with Crippen LogP contribution in [0.4, 0.5) is 5.69 Å². The highest BCUT2D eigenvalue weighted by Gasteiger charge is 2.17. The highest BCUT2D eigenvalue weighted by molar-refractivity contribution is 7.99. The van der Waals surface area contributed by atoms with E-state index in [9.17, 15) is 9.59 Å². The van der Waals surface area contributed by atoms with Crippen molar-refractivity contribution in [3.05, 3.63) is 89.7 Å². The predicted molar refractivity (Wildman–Crippen MR) is 161 cm³/mol. The van der Waals surface area contributed by atoms with Gasteiger partial charge in [0, 0.05) is 16.9 Å². The first kappa shape index (κ1) is 29.7. The lowest BCUT2D eigenvalue weighted by Gasteiger charge is -2.12. The van der Waals surface area contributed by atoms with Crippen LogP contribution in [0.3, 0.4) is 0 Å². The molecule has 0 spiro atoms. The molecule has 214 valence electrons. The van der Waals surface area contributed by atoms with Gasteiger partial charge >= 0.3 is 0 Å². The molecular formula is C31H35N5O4S. The van der Waals surface area contributed by atoms with Crippen LogP contribution < -0.4 is 20.1 Å². The third-order valence-electron chi connectivity index (χ3n) is 6.03. The summed E-state index contributed by atoms with van der Waals surface area (Å²) in [6.45, 7) is 7.43. The smallest absolute Gasteiger partial charge is 0.251 e. The average Bonchev–Trinajstić information content (AvgIpc) is 3.39. The Bertz CT molecular complexity index is 1440. The zero-order chi connectivity index (χ0) is 29.0. The van der Waals surface area contributed by atoms with Crippen LogP contribution >= 0.6 is 11.8 Å². The lowest BCUT2D eigenvalue weighted by atomic mass is 10.2. The highest BCUT2D eigenvalue weighted by Crippen LogP contribution is 2.24. The van der Waals surface area contributed by atoms with Crippen molar-refractivity contribution in [3.63, 3.8) is 0 Å². The zero-order valence-electron chi connectivity index (χ0n) is 23.6. The number of aryl methyl sites for hydroxylation is 1. The monoisotopic (exact) mass is 573 g/mol. The Morgan fingerprint density at radius 2 is 1.66 bits per heavy atom. The van der Waals surface area contributed by atoms with Crippen molar-refractivity contribution in [2.75, 3.05) is 24.3 Å². The number of nitrogens with zero attached hydrogens (tertiary/aromatic N) is 3. The van der Waals surface area contributed by atoms with Crippen LogP contribution in [0.15, 0.2) is 78.0 Å². The molecule has 0 fully saturated rings. The molecular weight excluding hydrogens is 538 g/mol. The number of nitrogens with one attached hydrogen (secondary N) is 2. The lowest BCUT2D eigenvalue weighted by Crippen LogP contribution is -2.24. The molecule has 4 rings (SSSR count). The zero-order valence-corrected chi connectivity index (χ0v) is 24.4. The first-order valence-electron chi connectivity index (χ1n) is 13.6. The van der Waals surface area contributed by atoms with E-state index in [1.807, 2.05) is 54.8 Å². The van der Waals surface area contributed by atoms with Crippen LogP contribution in [0, 0.1) is 6.92 Å². The molecule has 0 aliphatic rings. The number of thioether (sulfide) groups is 1. The topological polar surface area (TPSA) is 107 Å². The molecule has 0 saturated heterocycles. The van der Waals surface area contributed by atoms with Crippen LogP contribution in [-0.2, 0) is 11.3 Å². The van der Waals surface area contributed by atoms with Crippen molar-refractivity contribution in [2.24, 2.45) is 0 Å². The minimum atomic E-state index is -0.229. The Balaban J connectivity index is 1.42. The van der Waals surface area contributed by atoms with Crippen molar-refractivity contribution in [1.29, 1.82) is 0 Å². The van der Waals surface area contributed by atoms with Crippen molar-refractivity contribution in [3.8, 4) is 17.2 Å². The molecule has 10 heteroatoms. The predicted octanol–water partition coefficient (Wildman–Crippen LogP) is 5.81. The van der Waals surface area contributed by atoms with E-state index in [2.05, 4.69) is 27.8 Å². The first-order valence-corrected chi connectivity index (χ1v) is 14.6. The summed E-state index contributed by atoms with van der Waals surface area (Å²) in [5.74, 6) is 1.78. The maximum Gasteiger partial charge on any atom is 0.251 e. The van der Waals surface area contributed by atoms with Gasteiger partial charge in [0.2, 0.25) is 5.91 Å². The number of benzene rings is 3. The number of aromatic nitrogens is 3. The molecule has 1 aromatic heterocycles. The second-order valence-corrected chi connectivity index (χ2v) is 10.2. The molecule has 1 heterocycles. The molecule has 0 unspecified atom stereocenters. The molecule has 0 aliphatic heterocycles. The fraction of sp³-hybridized carbons (Fsp3) is 0.290. The van der Waals surface area contributed by atoms with Crippen molar-refractivity contribution in [1.82, 2.24) is 20.1 Å². The van der Waals surface area contributed by atoms with E-state index < -0.39 is 0 Å². The number of amides is 2. The van der Waals surface area contributed by atoms with E-state index in [1.165, 1.54) is 11.8 Å². The van der Waals surface area contributed by atoms with E-state index in [-0.39, 0.29) is 24.1 Å². The Kier molecular flexibility index (Phi) is 10.8.